The Bertz CT molecular complexity index is 607. The summed E-state index contributed by atoms with van der Waals surface area (Å²) in [6.45, 7) is 2.18. The average molecular weight is 305 g/mol. The molecule has 0 saturated carbocycles. The molecule has 1 aliphatic rings. The van der Waals surface area contributed by atoms with Gasteiger partial charge in [-0.15, -0.1) is 0 Å². The van der Waals surface area contributed by atoms with Gasteiger partial charge in [-0.1, -0.05) is 6.42 Å². The minimum atomic E-state index is -3.87. The normalized spacial score (nSPS) is 20.9. The quantitative estimate of drug-likeness (QED) is 0.840. The number of benzene rings is 1. The van der Waals surface area contributed by atoms with Gasteiger partial charge in [0, 0.05) is 18.7 Å². The van der Waals surface area contributed by atoms with Crippen molar-refractivity contribution < 1.29 is 17.2 Å². The van der Waals surface area contributed by atoms with E-state index in [-0.39, 0.29) is 17.4 Å². The van der Waals surface area contributed by atoms with Crippen LogP contribution in [-0.2, 0) is 10.2 Å². The molecule has 0 amide bonds. The summed E-state index contributed by atoms with van der Waals surface area (Å²) in [6.07, 6.45) is 2.49. The van der Waals surface area contributed by atoms with Crippen LogP contribution < -0.4 is 10.5 Å². The number of rotatable bonds is 3. The highest BCUT2D eigenvalue weighted by Gasteiger charge is 2.30. The third-order valence-corrected chi connectivity index (χ3v) is 5.01. The van der Waals surface area contributed by atoms with Crippen LogP contribution in [0.15, 0.2) is 12.1 Å². The lowest BCUT2D eigenvalue weighted by atomic mass is 10.1. The zero-order valence-corrected chi connectivity index (χ0v) is 11.9. The predicted molar refractivity (Wildman–Crippen MR) is 73.3 cm³/mol. The summed E-state index contributed by atoms with van der Waals surface area (Å²) in [7, 11) is -3.87. The van der Waals surface area contributed by atoms with Crippen molar-refractivity contribution in [1.82, 2.24) is 4.31 Å². The maximum absolute atomic E-state index is 13.6. The Morgan fingerprint density at radius 1 is 1.30 bits per heavy atom. The zero-order valence-electron chi connectivity index (χ0n) is 11.1. The molecule has 0 bridgehead atoms. The van der Waals surface area contributed by atoms with Crippen LogP contribution in [0.25, 0.3) is 0 Å². The third-order valence-electron chi connectivity index (χ3n) is 3.38. The fraction of sp³-hybridized carbons (Fsp3) is 0.500. The molecule has 3 N–H and O–H groups in total. The molecule has 1 aliphatic heterocycles. The molecule has 5 nitrogen and oxygen atoms in total. The monoisotopic (exact) mass is 305 g/mol. The number of hydrogen-bond donors (Lipinski definition) is 2. The second-order valence-electron chi connectivity index (χ2n) is 4.92. The van der Waals surface area contributed by atoms with Crippen LogP contribution in [0.5, 0.6) is 0 Å². The first-order valence-corrected chi connectivity index (χ1v) is 7.79. The Morgan fingerprint density at radius 3 is 2.65 bits per heavy atom. The maximum atomic E-state index is 13.6. The van der Waals surface area contributed by atoms with Crippen molar-refractivity contribution in [2.45, 2.75) is 32.2 Å². The molecule has 0 spiro atoms. The van der Waals surface area contributed by atoms with Gasteiger partial charge in [-0.25, -0.2) is 8.78 Å². The molecule has 1 atom stereocenters. The predicted octanol–water partition coefficient (Wildman–Crippen LogP) is 2.08. The van der Waals surface area contributed by atoms with E-state index in [2.05, 4.69) is 4.72 Å². The smallest absolute Gasteiger partial charge is 0.301 e. The van der Waals surface area contributed by atoms with E-state index in [0.29, 0.717) is 12.6 Å². The van der Waals surface area contributed by atoms with Gasteiger partial charge >= 0.3 is 10.2 Å². The van der Waals surface area contributed by atoms with Crippen molar-refractivity contribution in [3.8, 4) is 0 Å². The second-order valence-corrected chi connectivity index (χ2v) is 6.54. The van der Waals surface area contributed by atoms with Crippen molar-refractivity contribution in [1.29, 1.82) is 0 Å². The number of hydrogen-bond acceptors (Lipinski definition) is 3. The molecule has 1 saturated heterocycles. The van der Waals surface area contributed by atoms with Crippen molar-refractivity contribution in [2.24, 2.45) is 0 Å². The van der Waals surface area contributed by atoms with Gasteiger partial charge in [0.25, 0.3) is 0 Å². The van der Waals surface area contributed by atoms with Crippen molar-refractivity contribution in [3.05, 3.63) is 23.8 Å². The van der Waals surface area contributed by atoms with E-state index in [1.54, 1.807) is 6.92 Å². The topological polar surface area (TPSA) is 75.4 Å². The first kappa shape index (κ1) is 15.0. The van der Waals surface area contributed by atoms with Gasteiger partial charge in [-0.3, -0.25) is 4.72 Å². The van der Waals surface area contributed by atoms with Crippen LogP contribution in [0.1, 0.15) is 26.2 Å². The van der Waals surface area contributed by atoms with Crippen LogP contribution in [0.3, 0.4) is 0 Å². The number of nitrogen functional groups attached to an aromatic ring is 1. The van der Waals surface area contributed by atoms with E-state index in [9.17, 15) is 17.2 Å². The molecule has 1 unspecified atom stereocenters. The first-order chi connectivity index (χ1) is 9.31. The van der Waals surface area contributed by atoms with E-state index in [1.165, 1.54) is 4.31 Å². The Hall–Kier alpha value is -1.41. The molecule has 112 valence electrons. The van der Waals surface area contributed by atoms with E-state index >= 15 is 0 Å². The fourth-order valence-electron chi connectivity index (χ4n) is 2.27. The highest BCUT2D eigenvalue weighted by atomic mass is 32.2. The second kappa shape index (κ2) is 5.53. The summed E-state index contributed by atoms with van der Waals surface area (Å²) in [5.74, 6) is -1.92. The molecular weight excluding hydrogens is 288 g/mol. The van der Waals surface area contributed by atoms with Crippen molar-refractivity contribution in [2.75, 3.05) is 17.0 Å². The van der Waals surface area contributed by atoms with Gasteiger partial charge in [0.2, 0.25) is 0 Å². The zero-order chi connectivity index (χ0) is 14.9. The highest BCUT2D eigenvalue weighted by Crippen LogP contribution is 2.25. The molecule has 0 radical (unpaired) electrons. The molecule has 0 aromatic heterocycles. The van der Waals surface area contributed by atoms with Crippen LogP contribution in [0, 0.1) is 11.6 Å². The van der Waals surface area contributed by atoms with Crippen LogP contribution in [0.2, 0.25) is 0 Å². The number of nitrogens with zero attached hydrogens (tertiary/aromatic N) is 1. The van der Waals surface area contributed by atoms with E-state index < -0.39 is 21.8 Å². The van der Waals surface area contributed by atoms with Gasteiger partial charge in [0.05, 0.1) is 11.4 Å². The van der Waals surface area contributed by atoms with Gasteiger partial charge in [-0.2, -0.15) is 12.7 Å². The van der Waals surface area contributed by atoms with Gasteiger partial charge in [-0.05, 0) is 25.8 Å². The summed E-state index contributed by atoms with van der Waals surface area (Å²) in [5, 5.41) is 0. The molecule has 8 heteroatoms. The largest absolute Gasteiger partial charge is 0.396 e. The number of nitrogens with two attached hydrogens (primary N) is 1. The number of nitrogens with one attached hydrogen (secondary N) is 1. The summed E-state index contributed by atoms with van der Waals surface area (Å²) < 4.78 is 54.5. The van der Waals surface area contributed by atoms with Crippen LogP contribution >= 0.6 is 0 Å². The Balaban J connectivity index is 2.26. The van der Waals surface area contributed by atoms with E-state index in [4.69, 9.17) is 5.73 Å². The first-order valence-electron chi connectivity index (χ1n) is 6.35. The molecule has 20 heavy (non-hydrogen) atoms. The lowest BCUT2D eigenvalue weighted by Gasteiger charge is -2.32. The van der Waals surface area contributed by atoms with Gasteiger partial charge in [0.15, 0.2) is 0 Å². The lowest BCUT2D eigenvalue weighted by Crippen LogP contribution is -2.44. The average Bonchev–Trinajstić information content (AvgIpc) is 2.36. The lowest BCUT2D eigenvalue weighted by molar-refractivity contribution is 0.270. The fourth-order valence-corrected chi connectivity index (χ4v) is 3.77. The SMILES string of the molecule is CC1CCCCN1S(=O)(=O)Nc1cc(N)c(F)cc1F. The van der Waals surface area contributed by atoms with Crippen LogP contribution in [-0.4, -0.2) is 25.3 Å². The molecule has 2 rings (SSSR count). The van der Waals surface area contributed by atoms with Crippen molar-refractivity contribution >= 4 is 21.6 Å². The molecule has 1 fully saturated rings. The minimum Gasteiger partial charge on any atom is -0.396 e. The molecular formula is C12H17F2N3O2S. The highest BCUT2D eigenvalue weighted by molar-refractivity contribution is 7.90. The van der Waals surface area contributed by atoms with Crippen LogP contribution in [0.4, 0.5) is 20.2 Å². The number of piperidine rings is 1. The Kier molecular flexibility index (Phi) is 4.14. The molecule has 1 heterocycles. The standard InChI is InChI=1S/C12H17F2N3O2S/c1-8-4-2-3-5-17(8)20(18,19)16-12-7-11(15)9(13)6-10(12)14/h6-8,16H,2-5,15H2,1H3. The number of halogens is 2. The number of anilines is 2. The minimum absolute atomic E-state index is 0.151. The summed E-state index contributed by atoms with van der Waals surface area (Å²) in [4.78, 5) is 0. The van der Waals surface area contributed by atoms with E-state index in [1.807, 2.05) is 0 Å². The van der Waals surface area contributed by atoms with E-state index in [0.717, 1.165) is 25.3 Å². The molecule has 0 aliphatic carbocycles. The molecule has 1 aromatic rings. The summed E-state index contributed by atoms with van der Waals surface area (Å²) in [6, 6.07) is 1.35. The Morgan fingerprint density at radius 2 is 2.00 bits per heavy atom. The maximum Gasteiger partial charge on any atom is 0.301 e. The van der Waals surface area contributed by atoms with Gasteiger partial charge in [0.1, 0.15) is 11.6 Å². The van der Waals surface area contributed by atoms with Crippen molar-refractivity contribution in [3.63, 3.8) is 0 Å². The third kappa shape index (κ3) is 3.01. The Labute approximate surface area is 116 Å². The van der Waals surface area contributed by atoms with Gasteiger partial charge < -0.3 is 5.73 Å². The molecule has 1 aromatic carbocycles. The summed E-state index contributed by atoms with van der Waals surface area (Å²) in [5.41, 5.74) is 4.67. The summed E-state index contributed by atoms with van der Waals surface area (Å²) >= 11 is 0.